The normalized spacial score (nSPS) is 20.2. The van der Waals surface area contributed by atoms with E-state index >= 15 is 0 Å². The zero-order chi connectivity index (χ0) is 18.9. The molecule has 140 valence electrons. The van der Waals surface area contributed by atoms with Crippen LogP contribution in [0.15, 0.2) is 36.7 Å². The van der Waals surface area contributed by atoms with Gasteiger partial charge in [-0.1, -0.05) is 6.07 Å². The Bertz CT molecular complexity index is 790. The number of rotatable bonds is 4. The fourth-order valence-electron chi connectivity index (χ4n) is 3.19. The minimum absolute atomic E-state index is 0.0340. The zero-order valence-corrected chi connectivity index (χ0v) is 14.3. The van der Waals surface area contributed by atoms with E-state index in [1.165, 1.54) is 23.1 Å². The predicted molar refractivity (Wildman–Crippen MR) is 88.8 cm³/mol. The SMILES string of the molecule is CN(C(=O)[C@H]1CNC[C@@H]1c1cnn(C)c1)c1cccc(OC(F)(F)F)c1. The van der Waals surface area contributed by atoms with E-state index < -0.39 is 6.36 Å². The lowest BCUT2D eigenvalue weighted by Gasteiger charge is -2.24. The maximum absolute atomic E-state index is 12.9. The molecular weight excluding hydrogens is 349 g/mol. The van der Waals surface area contributed by atoms with Crippen molar-refractivity contribution in [2.75, 3.05) is 25.0 Å². The van der Waals surface area contributed by atoms with Crippen LogP contribution in [0.1, 0.15) is 11.5 Å². The first-order chi connectivity index (χ1) is 12.2. The van der Waals surface area contributed by atoms with Crippen LogP contribution in [0, 0.1) is 5.92 Å². The van der Waals surface area contributed by atoms with Crippen LogP contribution in [0.3, 0.4) is 0 Å². The lowest BCUT2D eigenvalue weighted by Crippen LogP contribution is -2.36. The first-order valence-corrected chi connectivity index (χ1v) is 8.07. The van der Waals surface area contributed by atoms with E-state index in [-0.39, 0.29) is 23.5 Å². The number of nitrogens with zero attached hydrogens (tertiary/aromatic N) is 3. The summed E-state index contributed by atoms with van der Waals surface area (Å²) in [6.07, 6.45) is -1.17. The Morgan fingerprint density at radius 3 is 2.81 bits per heavy atom. The summed E-state index contributed by atoms with van der Waals surface area (Å²) < 4.78 is 42.8. The summed E-state index contributed by atoms with van der Waals surface area (Å²) in [4.78, 5) is 14.3. The molecule has 1 aliphatic heterocycles. The third-order valence-corrected chi connectivity index (χ3v) is 4.45. The molecule has 2 heterocycles. The van der Waals surface area contributed by atoms with Gasteiger partial charge in [-0.2, -0.15) is 5.10 Å². The molecule has 1 amide bonds. The Labute approximate surface area is 148 Å². The number of aromatic nitrogens is 2. The molecule has 1 aromatic heterocycles. The molecule has 1 saturated heterocycles. The molecule has 1 aromatic carbocycles. The summed E-state index contributed by atoms with van der Waals surface area (Å²) in [5.41, 5.74) is 1.30. The van der Waals surface area contributed by atoms with E-state index in [0.29, 0.717) is 18.8 Å². The van der Waals surface area contributed by atoms with Crippen molar-refractivity contribution in [1.29, 1.82) is 0 Å². The van der Waals surface area contributed by atoms with Gasteiger partial charge in [0.2, 0.25) is 5.91 Å². The number of amides is 1. The molecule has 0 aliphatic carbocycles. The Balaban J connectivity index is 1.78. The molecule has 1 N–H and O–H groups in total. The number of carbonyl (C=O) groups is 1. The minimum Gasteiger partial charge on any atom is -0.406 e. The monoisotopic (exact) mass is 368 g/mol. The number of ether oxygens (including phenoxy) is 1. The molecule has 1 fully saturated rings. The molecule has 0 radical (unpaired) electrons. The summed E-state index contributed by atoms with van der Waals surface area (Å²) in [7, 11) is 3.36. The first-order valence-electron chi connectivity index (χ1n) is 8.07. The largest absolute Gasteiger partial charge is 0.573 e. The second kappa shape index (κ2) is 6.99. The molecule has 2 atom stereocenters. The van der Waals surface area contributed by atoms with Gasteiger partial charge in [-0.05, 0) is 17.7 Å². The smallest absolute Gasteiger partial charge is 0.406 e. The number of carbonyl (C=O) groups excluding carboxylic acids is 1. The number of halogens is 3. The van der Waals surface area contributed by atoms with Crippen LogP contribution in [-0.4, -0.2) is 42.2 Å². The Kier molecular flexibility index (Phi) is 4.90. The van der Waals surface area contributed by atoms with Crippen molar-refractivity contribution < 1.29 is 22.7 Å². The minimum atomic E-state index is -4.78. The molecule has 0 unspecified atom stereocenters. The number of benzene rings is 1. The second-order valence-corrected chi connectivity index (χ2v) is 6.26. The Hall–Kier alpha value is -2.55. The topological polar surface area (TPSA) is 59.4 Å². The molecule has 6 nitrogen and oxygen atoms in total. The maximum atomic E-state index is 12.9. The molecule has 0 bridgehead atoms. The van der Waals surface area contributed by atoms with Gasteiger partial charge in [-0.25, -0.2) is 0 Å². The lowest BCUT2D eigenvalue weighted by atomic mass is 9.90. The predicted octanol–water partition coefficient (Wildman–Crippen LogP) is 2.28. The fraction of sp³-hybridized carbons (Fsp3) is 0.412. The maximum Gasteiger partial charge on any atom is 0.573 e. The molecule has 1 aliphatic rings. The molecule has 2 aromatic rings. The average Bonchev–Trinajstić information content (AvgIpc) is 3.20. The highest BCUT2D eigenvalue weighted by atomic mass is 19.4. The van der Waals surface area contributed by atoms with Gasteiger partial charge < -0.3 is 15.0 Å². The van der Waals surface area contributed by atoms with E-state index in [1.54, 1.807) is 31.0 Å². The summed E-state index contributed by atoms with van der Waals surface area (Å²) in [5.74, 6) is -0.888. The van der Waals surface area contributed by atoms with Crippen molar-refractivity contribution in [2.45, 2.75) is 12.3 Å². The van der Waals surface area contributed by atoms with Crippen LogP contribution in [0.25, 0.3) is 0 Å². The van der Waals surface area contributed by atoms with Crippen molar-refractivity contribution in [3.63, 3.8) is 0 Å². The van der Waals surface area contributed by atoms with E-state index in [0.717, 1.165) is 5.56 Å². The van der Waals surface area contributed by atoms with Gasteiger partial charge >= 0.3 is 6.36 Å². The highest BCUT2D eigenvalue weighted by molar-refractivity contribution is 5.95. The third-order valence-electron chi connectivity index (χ3n) is 4.45. The zero-order valence-electron chi connectivity index (χ0n) is 14.3. The Morgan fingerprint density at radius 1 is 1.38 bits per heavy atom. The van der Waals surface area contributed by atoms with Crippen molar-refractivity contribution >= 4 is 11.6 Å². The Morgan fingerprint density at radius 2 is 2.15 bits per heavy atom. The summed E-state index contributed by atoms with van der Waals surface area (Å²) in [6.45, 7) is 1.15. The van der Waals surface area contributed by atoms with Gasteiger partial charge in [-0.15, -0.1) is 13.2 Å². The van der Waals surface area contributed by atoms with Gasteiger partial charge in [0, 0.05) is 51.1 Å². The van der Waals surface area contributed by atoms with Crippen molar-refractivity contribution in [1.82, 2.24) is 15.1 Å². The third kappa shape index (κ3) is 3.98. The number of anilines is 1. The molecule has 0 saturated carbocycles. The highest BCUT2D eigenvalue weighted by Crippen LogP contribution is 2.32. The molecule has 3 rings (SSSR count). The van der Waals surface area contributed by atoms with Crippen LogP contribution >= 0.6 is 0 Å². The van der Waals surface area contributed by atoms with Gasteiger partial charge in [0.15, 0.2) is 0 Å². The molecule has 9 heteroatoms. The van der Waals surface area contributed by atoms with E-state index in [9.17, 15) is 18.0 Å². The number of hydrogen-bond donors (Lipinski definition) is 1. The van der Waals surface area contributed by atoms with Crippen LogP contribution in [0.2, 0.25) is 0 Å². The van der Waals surface area contributed by atoms with E-state index in [2.05, 4.69) is 15.2 Å². The average molecular weight is 368 g/mol. The second-order valence-electron chi connectivity index (χ2n) is 6.26. The van der Waals surface area contributed by atoms with Crippen LogP contribution in [-0.2, 0) is 11.8 Å². The van der Waals surface area contributed by atoms with Crippen LogP contribution < -0.4 is 15.0 Å². The number of alkyl halides is 3. The number of nitrogens with one attached hydrogen (secondary N) is 1. The standard InChI is InChI=1S/C17H19F3N4O2/c1-23-10-11(7-22-23)14-8-21-9-15(14)16(25)24(2)12-4-3-5-13(6-12)26-17(18,19)20/h3-7,10,14-15,21H,8-9H2,1-2H3/t14-,15+/m1/s1. The first kappa shape index (κ1) is 18.2. The van der Waals surface area contributed by atoms with Gasteiger partial charge in [0.1, 0.15) is 5.75 Å². The summed E-state index contributed by atoms with van der Waals surface area (Å²) >= 11 is 0. The van der Waals surface area contributed by atoms with Crippen molar-refractivity contribution in [2.24, 2.45) is 13.0 Å². The number of aryl methyl sites for hydroxylation is 1. The lowest BCUT2D eigenvalue weighted by molar-refractivity contribution is -0.274. The number of hydrogen-bond acceptors (Lipinski definition) is 4. The van der Waals surface area contributed by atoms with Gasteiger partial charge in [-0.3, -0.25) is 9.48 Å². The molecule has 26 heavy (non-hydrogen) atoms. The summed E-state index contributed by atoms with van der Waals surface area (Å²) in [6, 6.07) is 5.39. The molecular formula is C17H19F3N4O2. The molecule has 0 spiro atoms. The van der Waals surface area contributed by atoms with Crippen molar-refractivity contribution in [3.05, 3.63) is 42.2 Å². The van der Waals surface area contributed by atoms with Crippen LogP contribution in [0.4, 0.5) is 18.9 Å². The highest BCUT2D eigenvalue weighted by Gasteiger charge is 2.37. The van der Waals surface area contributed by atoms with E-state index in [4.69, 9.17) is 0 Å². The van der Waals surface area contributed by atoms with E-state index in [1.807, 2.05) is 6.20 Å². The summed E-state index contributed by atoms with van der Waals surface area (Å²) in [5, 5.41) is 7.35. The van der Waals surface area contributed by atoms with Gasteiger partial charge in [0.05, 0.1) is 12.1 Å². The van der Waals surface area contributed by atoms with Crippen LogP contribution in [0.5, 0.6) is 5.75 Å². The fourth-order valence-corrected chi connectivity index (χ4v) is 3.19. The quantitative estimate of drug-likeness (QED) is 0.900. The van der Waals surface area contributed by atoms with Gasteiger partial charge in [0.25, 0.3) is 0 Å². The van der Waals surface area contributed by atoms with Crippen molar-refractivity contribution in [3.8, 4) is 5.75 Å².